The van der Waals surface area contributed by atoms with Crippen molar-refractivity contribution in [2.45, 2.75) is 13.0 Å². The van der Waals surface area contributed by atoms with Gasteiger partial charge in [0.1, 0.15) is 22.4 Å². The van der Waals surface area contributed by atoms with Gasteiger partial charge in [-0.15, -0.1) is 0 Å². The molecule has 0 aliphatic rings. The van der Waals surface area contributed by atoms with E-state index in [9.17, 15) is 23.9 Å². The Balaban J connectivity index is 1.88. The molecule has 31 heavy (non-hydrogen) atoms. The molecule has 3 rings (SSSR count). The predicted molar refractivity (Wildman–Crippen MR) is 115 cm³/mol. The van der Waals surface area contributed by atoms with Crippen LogP contribution in [0.4, 0.5) is 10.1 Å². The van der Waals surface area contributed by atoms with Crippen LogP contribution in [0.15, 0.2) is 58.1 Å². The molecular formula is C22H17ClFN3O4. The Morgan fingerprint density at radius 2 is 1.94 bits per heavy atom. The van der Waals surface area contributed by atoms with E-state index < -0.39 is 23.0 Å². The highest BCUT2D eigenvalue weighted by Gasteiger charge is 2.18. The molecule has 7 nitrogen and oxygen atoms in total. The van der Waals surface area contributed by atoms with Crippen LogP contribution in [0.25, 0.3) is 0 Å². The number of phenolic OH excluding ortho intramolecular Hbond substituents is 1. The Hall–Kier alpha value is -3.83. The van der Waals surface area contributed by atoms with Crippen molar-refractivity contribution in [3.8, 4) is 17.6 Å². The molecule has 0 aliphatic heterocycles. The van der Waals surface area contributed by atoms with Gasteiger partial charge in [-0.3, -0.25) is 18.7 Å². The highest BCUT2D eigenvalue weighted by Crippen LogP contribution is 2.16. The zero-order chi connectivity index (χ0) is 22.5. The highest BCUT2D eigenvalue weighted by molar-refractivity contribution is 6.32. The second kappa shape index (κ2) is 9.32. The first kappa shape index (κ1) is 21.9. The Morgan fingerprint density at radius 1 is 1.19 bits per heavy atom. The van der Waals surface area contributed by atoms with Gasteiger partial charge in [-0.1, -0.05) is 41.6 Å². The van der Waals surface area contributed by atoms with E-state index in [1.165, 1.54) is 37.4 Å². The van der Waals surface area contributed by atoms with Gasteiger partial charge in [0.2, 0.25) is 5.91 Å². The van der Waals surface area contributed by atoms with E-state index in [0.717, 1.165) is 9.13 Å². The van der Waals surface area contributed by atoms with Gasteiger partial charge < -0.3 is 10.4 Å². The number of carbonyl (C=O) groups excluding carboxylic acids is 1. The van der Waals surface area contributed by atoms with E-state index in [1.807, 2.05) is 0 Å². The zero-order valence-corrected chi connectivity index (χ0v) is 17.1. The van der Waals surface area contributed by atoms with Crippen molar-refractivity contribution in [3.63, 3.8) is 0 Å². The third kappa shape index (κ3) is 5.21. The maximum atomic E-state index is 13.3. The van der Waals surface area contributed by atoms with E-state index in [0.29, 0.717) is 11.1 Å². The van der Waals surface area contributed by atoms with Crippen LogP contribution in [0.3, 0.4) is 0 Å². The molecule has 2 N–H and O–H groups in total. The zero-order valence-electron chi connectivity index (χ0n) is 16.4. The molecule has 1 heterocycles. The molecule has 0 spiro atoms. The molecule has 3 aromatic rings. The van der Waals surface area contributed by atoms with Crippen LogP contribution in [0.1, 0.15) is 11.1 Å². The summed E-state index contributed by atoms with van der Waals surface area (Å²) in [7, 11) is 1.25. The first-order chi connectivity index (χ1) is 14.8. The second-order valence-corrected chi connectivity index (χ2v) is 6.96. The maximum Gasteiger partial charge on any atom is 0.332 e. The summed E-state index contributed by atoms with van der Waals surface area (Å²) in [6.45, 7) is -0.159. The van der Waals surface area contributed by atoms with Crippen molar-refractivity contribution >= 4 is 23.2 Å². The summed E-state index contributed by atoms with van der Waals surface area (Å²) < 4.78 is 15.2. The fourth-order valence-corrected chi connectivity index (χ4v) is 3.07. The van der Waals surface area contributed by atoms with Crippen molar-refractivity contribution in [1.29, 1.82) is 0 Å². The predicted octanol–water partition coefficient (Wildman–Crippen LogP) is 2.28. The SMILES string of the molecule is Cn1c(=O)c(NC(=O)Cc2cccc(F)c2)c(Cl)n(CC#Cc2cccc(O)c2)c1=O. The molecule has 0 saturated heterocycles. The number of carbonyl (C=O) groups is 1. The van der Waals surface area contributed by atoms with E-state index in [-0.39, 0.29) is 29.6 Å². The second-order valence-electron chi connectivity index (χ2n) is 6.61. The number of amides is 1. The molecule has 9 heteroatoms. The van der Waals surface area contributed by atoms with Crippen molar-refractivity contribution in [1.82, 2.24) is 9.13 Å². The lowest BCUT2D eigenvalue weighted by molar-refractivity contribution is -0.115. The lowest BCUT2D eigenvalue weighted by Crippen LogP contribution is -2.40. The standard InChI is InChI=1S/C22H17ClFN3O4/c1-26-21(30)19(25-18(29)13-15-6-2-8-16(24)11-15)20(23)27(22(26)31)10-4-7-14-5-3-9-17(28)12-14/h2-3,5-6,8-9,11-12,28H,10,13H2,1H3,(H,25,29). The molecular weight excluding hydrogens is 425 g/mol. The van der Waals surface area contributed by atoms with Gasteiger partial charge in [0, 0.05) is 12.6 Å². The molecule has 1 aromatic heterocycles. The topological polar surface area (TPSA) is 93.3 Å². The third-order valence-electron chi connectivity index (χ3n) is 4.31. The number of benzene rings is 2. The number of aromatic nitrogens is 2. The molecule has 0 unspecified atom stereocenters. The minimum Gasteiger partial charge on any atom is -0.508 e. The van der Waals surface area contributed by atoms with Crippen molar-refractivity contribution < 1.29 is 14.3 Å². The number of anilines is 1. The first-order valence-electron chi connectivity index (χ1n) is 9.08. The summed E-state index contributed by atoms with van der Waals surface area (Å²) in [6.07, 6.45) is -0.187. The van der Waals surface area contributed by atoms with Gasteiger partial charge in [0.05, 0.1) is 13.0 Å². The van der Waals surface area contributed by atoms with Crippen molar-refractivity contribution in [2.24, 2.45) is 7.05 Å². The van der Waals surface area contributed by atoms with Crippen LogP contribution in [0.5, 0.6) is 5.75 Å². The summed E-state index contributed by atoms with van der Waals surface area (Å²) in [4.78, 5) is 37.3. The molecule has 0 bridgehead atoms. The van der Waals surface area contributed by atoms with Gasteiger partial charge in [-0.05, 0) is 35.9 Å². The molecule has 0 radical (unpaired) electrons. The van der Waals surface area contributed by atoms with Crippen LogP contribution in [-0.4, -0.2) is 20.1 Å². The monoisotopic (exact) mass is 441 g/mol. The molecule has 0 saturated carbocycles. The summed E-state index contributed by atoms with van der Waals surface area (Å²) in [6, 6.07) is 11.7. The Morgan fingerprint density at radius 3 is 2.65 bits per heavy atom. The summed E-state index contributed by atoms with van der Waals surface area (Å²) >= 11 is 6.24. The fourth-order valence-electron chi connectivity index (χ4n) is 2.81. The van der Waals surface area contributed by atoms with Crippen LogP contribution < -0.4 is 16.6 Å². The average molecular weight is 442 g/mol. The van der Waals surface area contributed by atoms with E-state index >= 15 is 0 Å². The van der Waals surface area contributed by atoms with Crippen LogP contribution in [0.2, 0.25) is 5.15 Å². The number of nitrogens with zero attached hydrogens (tertiary/aromatic N) is 2. The van der Waals surface area contributed by atoms with Crippen LogP contribution in [-0.2, 0) is 24.8 Å². The molecule has 0 fully saturated rings. The number of aromatic hydroxyl groups is 1. The summed E-state index contributed by atoms with van der Waals surface area (Å²) in [5.41, 5.74) is -0.819. The number of hydrogen-bond donors (Lipinski definition) is 2. The van der Waals surface area contributed by atoms with Gasteiger partial charge in [-0.25, -0.2) is 9.18 Å². The lowest BCUT2D eigenvalue weighted by atomic mass is 10.1. The van der Waals surface area contributed by atoms with Gasteiger partial charge >= 0.3 is 5.69 Å². The van der Waals surface area contributed by atoms with Gasteiger partial charge in [-0.2, -0.15) is 0 Å². The lowest BCUT2D eigenvalue weighted by Gasteiger charge is -2.13. The third-order valence-corrected chi connectivity index (χ3v) is 4.71. The van der Waals surface area contributed by atoms with Crippen molar-refractivity contribution in [2.75, 3.05) is 5.32 Å². The molecule has 0 atom stereocenters. The Bertz CT molecular complexity index is 1340. The molecule has 158 valence electrons. The smallest absolute Gasteiger partial charge is 0.332 e. The Kier molecular flexibility index (Phi) is 6.58. The maximum absolute atomic E-state index is 13.3. The van der Waals surface area contributed by atoms with Crippen molar-refractivity contribution in [3.05, 3.63) is 91.5 Å². The highest BCUT2D eigenvalue weighted by atomic mass is 35.5. The number of phenols is 1. The van der Waals surface area contributed by atoms with E-state index in [1.54, 1.807) is 18.2 Å². The number of rotatable bonds is 4. The van der Waals surface area contributed by atoms with E-state index in [2.05, 4.69) is 17.2 Å². The summed E-state index contributed by atoms with van der Waals surface area (Å²) in [5.74, 6) is 4.49. The van der Waals surface area contributed by atoms with Crippen LogP contribution >= 0.6 is 11.6 Å². The fraction of sp³-hybridized carbons (Fsp3) is 0.136. The average Bonchev–Trinajstić information content (AvgIpc) is 2.72. The number of halogens is 2. The molecule has 1 amide bonds. The summed E-state index contributed by atoms with van der Waals surface area (Å²) in [5, 5.41) is 11.6. The van der Waals surface area contributed by atoms with Gasteiger partial charge in [0.15, 0.2) is 0 Å². The largest absolute Gasteiger partial charge is 0.508 e. The van der Waals surface area contributed by atoms with Crippen LogP contribution in [0, 0.1) is 17.7 Å². The van der Waals surface area contributed by atoms with E-state index in [4.69, 9.17) is 11.6 Å². The first-order valence-corrected chi connectivity index (χ1v) is 9.45. The molecule has 0 aliphatic carbocycles. The normalized spacial score (nSPS) is 10.3. The molecule has 2 aromatic carbocycles. The number of nitrogens with one attached hydrogen (secondary N) is 1. The van der Waals surface area contributed by atoms with Gasteiger partial charge in [0.25, 0.3) is 5.56 Å². The minimum atomic E-state index is -0.778. The minimum absolute atomic E-state index is 0.0485. The quantitative estimate of drug-likeness (QED) is 0.480. The number of hydrogen-bond acceptors (Lipinski definition) is 4. The Labute approximate surface area is 181 Å².